The number of carboxylic acids is 1. The summed E-state index contributed by atoms with van der Waals surface area (Å²) < 4.78 is 36.0. The largest absolute Gasteiger partial charge is 0.490 e. The van der Waals surface area contributed by atoms with E-state index < -0.39 is 28.8 Å². The van der Waals surface area contributed by atoms with Gasteiger partial charge in [0.15, 0.2) is 16.9 Å². The van der Waals surface area contributed by atoms with Crippen molar-refractivity contribution in [3.8, 4) is 0 Å². The molecule has 37 heavy (non-hydrogen) atoms. The van der Waals surface area contributed by atoms with Gasteiger partial charge in [0.25, 0.3) is 5.56 Å². The third-order valence-electron chi connectivity index (χ3n) is 5.67. The van der Waals surface area contributed by atoms with Crippen molar-refractivity contribution in [3.05, 3.63) is 32.5 Å². The number of ketones is 1. The number of Topliss-reactive ketones (excluding diaryl/α,β-unsaturated/α-hetero) is 1. The van der Waals surface area contributed by atoms with Crippen LogP contribution in [0.25, 0.3) is 11.2 Å². The van der Waals surface area contributed by atoms with Gasteiger partial charge in [0.2, 0.25) is 5.95 Å². The third-order valence-corrected chi connectivity index (χ3v) is 5.67. The van der Waals surface area contributed by atoms with Crippen LogP contribution in [0.2, 0.25) is 0 Å². The van der Waals surface area contributed by atoms with Gasteiger partial charge in [-0.25, -0.2) is 9.59 Å². The fourth-order valence-electron chi connectivity index (χ4n) is 3.43. The number of carbonyl (C=O) groups excluding carboxylic acids is 1. The van der Waals surface area contributed by atoms with E-state index in [1.54, 1.807) is 27.8 Å². The average Bonchev–Trinajstić information content (AvgIpc) is 3.18. The highest BCUT2D eigenvalue weighted by atomic mass is 19.4. The maximum absolute atomic E-state index is 13.4. The van der Waals surface area contributed by atoms with E-state index in [1.807, 2.05) is 24.5 Å². The number of nitrogens with zero attached hydrogens (tertiary/aromatic N) is 5. The Bertz CT molecular complexity index is 1300. The van der Waals surface area contributed by atoms with Gasteiger partial charge < -0.3 is 19.9 Å². The fourth-order valence-corrected chi connectivity index (χ4v) is 3.43. The highest BCUT2D eigenvalue weighted by Crippen LogP contribution is 2.21. The molecule has 2 aromatic rings. The van der Waals surface area contributed by atoms with Gasteiger partial charge in [0.05, 0.1) is 6.54 Å². The molecule has 0 bridgehead atoms. The first kappa shape index (κ1) is 29.8. The Kier molecular flexibility index (Phi) is 9.12. The zero-order valence-electron chi connectivity index (χ0n) is 21.8. The summed E-state index contributed by atoms with van der Waals surface area (Å²) >= 11 is 0. The highest BCUT2D eigenvalue weighted by molar-refractivity contribution is 5.84. The summed E-state index contributed by atoms with van der Waals surface area (Å²) in [6.07, 6.45) is -3.05. The van der Waals surface area contributed by atoms with Crippen LogP contribution in [0.3, 0.4) is 0 Å². The van der Waals surface area contributed by atoms with Gasteiger partial charge in [-0.2, -0.15) is 18.2 Å². The maximum atomic E-state index is 13.4. The zero-order valence-corrected chi connectivity index (χ0v) is 21.8. The number of allylic oxidation sites excluding steroid dienone is 2. The van der Waals surface area contributed by atoms with E-state index in [1.165, 1.54) is 4.57 Å². The van der Waals surface area contributed by atoms with Crippen molar-refractivity contribution in [2.24, 2.45) is 12.5 Å². The second kappa shape index (κ2) is 11.3. The number of piperazine rings is 1. The summed E-state index contributed by atoms with van der Waals surface area (Å²) in [7, 11) is 1.60. The van der Waals surface area contributed by atoms with E-state index in [0.29, 0.717) is 23.7 Å². The third kappa shape index (κ3) is 7.08. The van der Waals surface area contributed by atoms with Crippen LogP contribution >= 0.6 is 0 Å². The number of fused-ring (bicyclic) bond motifs is 1. The molecule has 1 saturated heterocycles. The molecular formula is C23H33F3N6O5. The van der Waals surface area contributed by atoms with Crippen molar-refractivity contribution in [2.45, 2.75) is 53.9 Å². The second-order valence-corrected chi connectivity index (χ2v) is 9.92. The summed E-state index contributed by atoms with van der Waals surface area (Å²) in [5.41, 5.74) is 0.181. The van der Waals surface area contributed by atoms with Crippen molar-refractivity contribution in [1.82, 2.24) is 24.0 Å². The van der Waals surface area contributed by atoms with Crippen LogP contribution in [0.1, 0.15) is 34.6 Å². The van der Waals surface area contributed by atoms with Crippen molar-refractivity contribution < 1.29 is 27.9 Å². The number of anilines is 1. The molecule has 0 spiro atoms. The smallest absolute Gasteiger partial charge is 0.475 e. The molecule has 2 N–H and O–H groups in total. The highest BCUT2D eigenvalue weighted by Gasteiger charge is 2.38. The number of aromatic nitrogens is 4. The molecule has 0 aliphatic carbocycles. The lowest BCUT2D eigenvalue weighted by Gasteiger charge is -2.28. The number of hydrogen-bond acceptors (Lipinski definition) is 7. The number of halogens is 3. The summed E-state index contributed by atoms with van der Waals surface area (Å²) in [5, 5.41) is 10.4. The van der Waals surface area contributed by atoms with Crippen LogP contribution in [0, 0.1) is 5.41 Å². The number of carboxylic acid groups (broad SMARTS) is 1. The Morgan fingerprint density at radius 3 is 2.08 bits per heavy atom. The van der Waals surface area contributed by atoms with Gasteiger partial charge in [0.1, 0.15) is 0 Å². The van der Waals surface area contributed by atoms with Crippen LogP contribution in [-0.2, 0) is 29.7 Å². The number of nitrogens with one attached hydrogen (secondary N) is 1. The van der Waals surface area contributed by atoms with Crippen molar-refractivity contribution in [2.75, 3.05) is 31.1 Å². The predicted octanol–water partition coefficient (Wildman–Crippen LogP) is 1.52. The van der Waals surface area contributed by atoms with Crippen molar-refractivity contribution in [1.29, 1.82) is 0 Å². The van der Waals surface area contributed by atoms with Crippen LogP contribution in [-0.4, -0.2) is 67.9 Å². The summed E-state index contributed by atoms with van der Waals surface area (Å²) in [6.45, 7) is 12.8. The zero-order chi connectivity index (χ0) is 28.3. The number of carbonyl (C=O) groups is 2. The Morgan fingerprint density at radius 2 is 1.62 bits per heavy atom. The second-order valence-electron chi connectivity index (χ2n) is 9.92. The molecular weight excluding hydrogens is 497 g/mol. The minimum atomic E-state index is -5.08. The molecule has 1 fully saturated rings. The maximum Gasteiger partial charge on any atom is 0.490 e. The Labute approximate surface area is 211 Å². The number of hydrogen-bond donors (Lipinski definition) is 2. The number of alkyl halides is 3. The molecule has 3 heterocycles. The minimum Gasteiger partial charge on any atom is -0.475 e. The van der Waals surface area contributed by atoms with E-state index in [2.05, 4.69) is 10.2 Å². The molecule has 1 aliphatic rings. The van der Waals surface area contributed by atoms with Crippen LogP contribution in [0.5, 0.6) is 0 Å². The molecule has 0 amide bonds. The summed E-state index contributed by atoms with van der Waals surface area (Å²) in [4.78, 5) is 54.6. The lowest BCUT2D eigenvalue weighted by molar-refractivity contribution is -0.192. The normalized spacial score (nSPS) is 14.2. The van der Waals surface area contributed by atoms with Gasteiger partial charge in [-0.05, 0) is 13.8 Å². The van der Waals surface area contributed by atoms with E-state index in [0.717, 1.165) is 36.3 Å². The van der Waals surface area contributed by atoms with Crippen molar-refractivity contribution in [3.63, 3.8) is 0 Å². The lowest BCUT2D eigenvalue weighted by atomic mass is 9.91. The molecule has 0 atom stereocenters. The molecule has 206 valence electrons. The van der Waals surface area contributed by atoms with Gasteiger partial charge in [0, 0.05) is 45.2 Å². The Morgan fingerprint density at radius 1 is 1.08 bits per heavy atom. The number of imidazole rings is 1. The summed E-state index contributed by atoms with van der Waals surface area (Å²) in [5.74, 6) is -2.25. The molecule has 11 nitrogen and oxygen atoms in total. The first-order valence-corrected chi connectivity index (χ1v) is 11.6. The van der Waals surface area contributed by atoms with E-state index in [-0.39, 0.29) is 12.3 Å². The van der Waals surface area contributed by atoms with Crippen LogP contribution in [0.15, 0.2) is 21.2 Å². The lowest BCUT2D eigenvalue weighted by Crippen LogP contribution is -2.44. The predicted molar refractivity (Wildman–Crippen MR) is 132 cm³/mol. The van der Waals surface area contributed by atoms with E-state index >= 15 is 0 Å². The van der Waals surface area contributed by atoms with E-state index in [4.69, 9.17) is 14.9 Å². The molecule has 2 aromatic heterocycles. The van der Waals surface area contributed by atoms with Crippen LogP contribution < -0.4 is 21.5 Å². The molecule has 0 radical (unpaired) electrons. The molecule has 0 unspecified atom stereocenters. The first-order valence-electron chi connectivity index (χ1n) is 11.6. The monoisotopic (exact) mass is 530 g/mol. The molecule has 0 saturated carbocycles. The topological polar surface area (TPSA) is 131 Å². The van der Waals surface area contributed by atoms with Gasteiger partial charge >= 0.3 is 17.8 Å². The van der Waals surface area contributed by atoms with Gasteiger partial charge in [-0.3, -0.25) is 18.7 Å². The number of rotatable bonds is 5. The minimum absolute atomic E-state index is 0.168. The van der Waals surface area contributed by atoms with Crippen LogP contribution in [0.4, 0.5) is 19.1 Å². The Balaban J connectivity index is 0.000000604. The molecule has 0 aromatic carbocycles. The van der Waals surface area contributed by atoms with Gasteiger partial charge in [-0.1, -0.05) is 32.4 Å². The number of aryl methyl sites for hydroxylation is 1. The van der Waals surface area contributed by atoms with E-state index in [9.17, 15) is 27.6 Å². The molecule has 3 rings (SSSR count). The molecule has 14 heteroatoms. The fraction of sp³-hybridized carbons (Fsp3) is 0.609. The van der Waals surface area contributed by atoms with Gasteiger partial charge in [-0.15, -0.1) is 0 Å². The standard InChI is InChI=1S/C21H32N6O3.C2HF3O2/c1-14(2)7-10-26-16-17(23-19(26)25-11-8-22-9-12-25)24(6)20(30)27(18(16)29)13-15(28)21(3,4)5;3-2(4,5)1(6)7/h7,22H,8-13H2,1-6H3;(H,6,7). The Hall–Kier alpha value is -3.42. The first-order chi connectivity index (χ1) is 17.0. The molecule has 1 aliphatic heterocycles. The summed E-state index contributed by atoms with van der Waals surface area (Å²) in [6, 6.07) is 0. The van der Waals surface area contributed by atoms with Crippen molar-refractivity contribution >= 4 is 28.9 Å². The number of aliphatic carboxylic acids is 1. The SMILES string of the molecule is CC(C)=CCn1c(N2CCNCC2)nc2c1c(=O)n(CC(=O)C(C)(C)C)c(=O)n2C.O=C(O)C(F)(F)F. The average molecular weight is 531 g/mol. The quantitative estimate of drug-likeness (QED) is 0.557.